The van der Waals surface area contributed by atoms with Gasteiger partial charge < -0.3 is 14.2 Å². The summed E-state index contributed by atoms with van der Waals surface area (Å²) >= 11 is 6.11. The Balaban J connectivity index is 2.21. The highest BCUT2D eigenvalue weighted by atomic mass is 35.5. The van der Waals surface area contributed by atoms with Crippen molar-refractivity contribution in [3.8, 4) is 11.3 Å². The summed E-state index contributed by atoms with van der Waals surface area (Å²) in [6.07, 6.45) is 0. The zero-order valence-electron chi connectivity index (χ0n) is 16.7. The number of nitrogens with zero attached hydrogens (tertiary/aromatic N) is 2. The van der Waals surface area contributed by atoms with Crippen molar-refractivity contribution in [3.63, 3.8) is 0 Å². The lowest BCUT2D eigenvalue weighted by molar-refractivity contribution is 0.0515. The van der Waals surface area contributed by atoms with Gasteiger partial charge in [0.1, 0.15) is 5.69 Å². The van der Waals surface area contributed by atoms with Crippen molar-refractivity contribution in [2.45, 2.75) is 27.3 Å². The molecule has 0 radical (unpaired) electrons. The number of halogens is 1. The first-order chi connectivity index (χ1) is 13.6. The number of benzene rings is 2. The Labute approximate surface area is 171 Å². The van der Waals surface area contributed by atoms with Crippen LogP contribution < -0.4 is 0 Å². The third kappa shape index (κ3) is 4.08. The van der Waals surface area contributed by atoms with Crippen LogP contribution in [0.1, 0.15) is 31.3 Å². The van der Waals surface area contributed by atoms with E-state index in [1.807, 2.05) is 49.4 Å². The van der Waals surface area contributed by atoms with Crippen molar-refractivity contribution in [2.24, 2.45) is 0 Å². The molecule has 0 unspecified atom stereocenters. The van der Waals surface area contributed by atoms with E-state index in [4.69, 9.17) is 16.3 Å². The van der Waals surface area contributed by atoms with E-state index in [-0.39, 0.29) is 5.97 Å². The van der Waals surface area contributed by atoms with Crippen LogP contribution in [0, 0.1) is 0 Å². The van der Waals surface area contributed by atoms with Gasteiger partial charge in [-0.2, -0.15) is 0 Å². The monoisotopic (exact) mass is 398 g/mol. The number of aromatic nitrogens is 1. The van der Waals surface area contributed by atoms with E-state index in [1.54, 1.807) is 0 Å². The quantitative estimate of drug-likeness (QED) is 0.471. The molecule has 4 nitrogen and oxygen atoms in total. The number of fused-ring (bicyclic) bond motifs is 1. The first-order valence-electron chi connectivity index (χ1n) is 9.87. The van der Waals surface area contributed by atoms with Crippen LogP contribution in [0.4, 0.5) is 0 Å². The number of esters is 1. The van der Waals surface area contributed by atoms with E-state index in [0.29, 0.717) is 23.9 Å². The molecular weight excluding hydrogens is 372 g/mol. The Morgan fingerprint density at radius 1 is 1.00 bits per heavy atom. The molecule has 0 saturated heterocycles. The smallest absolute Gasteiger partial charge is 0.355 e. The number of ether oxygens (including phenoxy) is 1. The van der Waals surface area contributed by atoms with Gasteiger partial charge in [0, 0.05) is 28.9 Å². The summed E-state index contributed by atoms with van der Waals surface area (Å²) in [5.74, 6) is -0.279. The molecule has 0 aliphatic carbocycles. The van der Waals surface area contributed by atoms with Crippen LogP contribution in [0.25, 0.3) is 22.0 Å². The molecule has 1 heterocycles. The van der Waals surface area contributed by atoms with E-state index in [2.05, 4.69) is 29.4 Å². The van der Waals surface area contributed by atoms with Crippen LogP contribution in [0.3, 0.4) is 0 Å². The molecule has 3 aromatic rings. The van der Waals surface area contributed by atoms with Gasteiger partial charge in [-0.3, -0.25) is 0 Å². The third-order valence-corrected chi connectivity index (χ3v) is 5.35. The standard InChI is InChI=1S/C23H27ClN2O2/c1-4-25(5-2)15-16-26-21(17-11-13-18(24)14-12-17)19-9-7-8-10-20(19)22(26)23(27)28-6-3/h7-14H,4-6,15-16H2,1-3H3. The van der Waals surface area contributed by atoms with Gasteiger partial charge in [0.05, 0.1) is 12.3 Å². The van der Waals surface area contributed by atoms with Gasteiger partial charge in [0.2, 0.25) is 0 Å². The second-order valence-corrected chi connectivity index (χ2v) is 7.09. The minimum atomic E-state index is -0.279. The molecule has 148 valence electrons. The number of carbonyl (C=O) groups excluding carboxylic acids is 1. The molecule has 3 rings (SSSR count). The zero-order chi connectivity index (χ0) is 20.1. The highest BCUT2D eigenvalue weighted by Crippen LogP contribution is 2.35. The molecule has 2 aromatic carbocycles. The van der Waals surface area contributed by atoms with Gasteiger partial charge in [0.15, 0.2) is 0 Å². The minimum absolute atomic E-state index is 0.279. The fourth-order valence-electron chi connectivity index (χ4n) is 3.64. The number of hydrogen-bond acceptors (Lipinski definition) is 3. The molecule has 0 amide bonds. The molecule has 5 heteroatoms. The summed E-state index contributed by atoms with van der Waals surface area (Å²) < 4.78 is 7.53. The van der Waals surface area contributed by atoms with Crippen molar-refractivity contribution in [1.82, 2.24) is 9.47 Å². The number of likely N-dealkylation sites (N-methyl/N-ethyl adjacent to an activating group) is 1. The lowest BCUT2D eigenvalue weighted by Gasteiger charge is -2.20. The van der Waals surface area contributed by atoms with Crippen LogP contribution in [0.5, 0.6) is 0 Å². The molecule has 28 heavy (non-hydrogen) atoms. The van der Waals surface area contributed by atoms with E-state index in [9.17, 15) is 4.79 Å². The molecule has 0 atom stereocenters. The molecule has 0 fully saturated rings. The molecule has 0 bridgehead atoms. The maximum absolute atomic E-state index is 12.9. The van der Waals surface area contributed by atoms with Crippen LogP contribution in [0.2, 0.25) is 5.02 Å². The van der Waals surface area contributed by atoms with Crippen molar-refractivity contribution < 1.29 is 9.53 Å². The van der Waals surface area contributed by atoms with E-state index in [1.165, 1.54) is 0 Å². The Bertz CT molecular complexity index is 943. The topological polar surface area (TPSA) is 34.5 Å². The molecular formula is C23H27ClN2O2. The average Bonchev–Trinajstić information content (AvgIpc) is 3.04. The van der Waals surface area contributed by atoms with E-state index < -0.39 is 0 Å². The summed E-state index contributed by atoms with van der Waals surface area (Å²) in [7, 11) is 0. The zero-order valence-corrected chi connectivity index (χ0v) is 17.5. The van der Waals surface area contributed by atoms with Crippen molar-refractivity contribution in [3.05, 3.63) is 59.2 Å². The summed E-state index contributed by atoms with van der Waals surface area (Å²) in [5, 5.41) is 2.66. The first-order valence-corrected chi connectivity index (χ1v) is 10.2. The fraction of sp³-hybridized carbons (Fsp3) is 0.348. The molecule has 0 N–H and O–H groups in total. The lowest BCUT2D eigenvalue weighted by Crippen LogP contribution is -2.28. The summed E-state index contributed by atoms with van der Waals surface area (Å²) in [6.45, 7) is 10.0. The van der Waals surface area contributed by atoms with Gasteiger partial charge >= 0.3 is 5.97 Å². The number of rotatable bonds is 8. The Hall–Kier alpha value is -2.30. The van der Waals surface area contributed by atoms with Crippen molar-refractivity contribution in [2.75, 3.05) is 26.2 Å². The summed E-state index contributed by atoms with van der Waals surface area (Å²) in [5.41, 5.74) is 2.69. The maximum Gasteiger partial charge on any atom is 0.355 e. The molecule has 0 aliphatic heterocycles. The van der Waals surface area contributed by atoms with Crippen LogP contribution in [0.15, 0.2) is 48.5 Å². The van der Waals surface area contributed by atoms with Crippen molar-refractivity contribution in [1.29, 1.82) is 0 Å². The predicted molar refractivity (Wildman–Crippen MR) is 116 cm³/mol. The minimum Gasteiger partial charge on any atom is -0.461 e. The van der Waals surface area contributed by atoms with E-state index in [0.717, 1.165) is 41.7 Å². The van der Waals surface area contributed by atoms with Crippen LogP contribution in [-0.2, 0) is 11.3 Å². The molecule has 0 saturated carbocycles. The lowest BCUT2D eigenvalue weighted by atomic mass is 10.1. The third-order valence-electron chi connectivity index (χ3n) is 5.10. The normalized spacial score (nSPS) is 11.3. The van der Waals surface area contributed by atoms with Gasteiger partial charge in [-0.1, -0.05) is 61.8 Å². The first kappa shape index (κ1) is 20.4. The van der Waals surface area contributed by atoms with Gasteiger partial charge in [0.25, 0.3) is 0 Å². The van der Waals surface area contributed by atoms with Crippen LogP contribution >= 0.6 is 11.6 Å². The van der Waals surface area contributed by atoms with Gasteiger partial charge in [-0.15, -0.1) is 0 Å². The fourth-order valence-corrected chi connectivity index (χ4v) is 3.77. The van der Waals surface area contributed by atoms with Gasteiger partial charge in [-0.25, -0.2) is 4.79 Å². The Kier molecular flexibility index (Phi) is 6.76. The summed E-state index contributed by atoms with van der Waals surface area (Å²) in [6, 6.07) is 15.8. The molecule has 1 aromatic heterocycles. The maximum atomic E-state index is 12.9. The Morgan fingerprint density at radius 2 is 1.64 bits per heavy atom. The van der Waals surface area contributed by atoms with Gasteiger partial charge in [-0.05, 0) is 37.7 Å². The highest BCUT2D eigenvalue weighted by molar-refractivity contribution is 6.30. The molecule has 0 spiro atoms. The SMILES string of the molecule is CCOC(=O)c1c2ccccc2c(-c2ccc(Cl)cc2)n1CCN(CC)CC. The largest absolute Gasteiger partial charge is 0.461 e. The average molecular weight is 399 g/mol. The number of hydrogen-bond donors (Lipinski definition) is 0. The second-order valence-electron chi connectivity index (χ2n) is 6.65. The van der Waals surface area contributed by atoms with Crippen LogP contribution in [-0.4, -0.2) is 41.7 Å². The second kappa shape index (κ2) is 9.26. The summed E-state index contributed by atoms with van der Waals surface area (Å²) in [4.78, 5) is 15.2. The van der Waals surface area contributed by atoms with E-state index >= 15 is 0 Å². The van der Waals surface area contributed by atoms with Crippen molar-refractivity contribution >= 4 is 28.3 Å². The molecule has 0 aliphatic rings. The number of carbonyl (C=O) groups is 1. The predicted octanol–water partition coefficient (Wildman–Crippen LogP) is 5.48. The highest BCUT2D eigenvalue weighted by Gasteiger charge is 2.24. The Morgan fingerprint density at radius 3 is 2.25 bits per heavy atom.